The van der Waals surface area contributed by atoms with E-state index in [1.807, 2.05) is 26.0 Å². The summed E-state index contributed by atoms with van der Waals surface area (Å²) in [5.74, 6) is -0.386. The number of benzene rings is 1. The van der Waals surface area contributed by atoms with Crippen molar-refractivity contribution in [2.24, 2.45) is 0 Å². The normalized spacial score (nSPS) is 11.9. The quantitative estimate of drug-likeness (QED) is 0.641. The number of thioether (sulfide) groups is 1. The van der Waals surface area contributed by atoms with Crippen molar-refractivity contribution < 1.29 is 9.59 Å². The molecule has 10 heteroatoms. The number of nitrogens with zero attached hydrogens (tertiary/aromatic N) is 2. The van der Waals surface area contributed by atoms with Gasteiger partial charge in [-0.15, -0.1) is 10.2 Å². The number of halogens is 1. The molecule has 0 fully saturated rings. The molecule has 0 saturated heterocycles. The van der Waals surface area contributed by atoms with Gasteiger partial charge in [0.25, 0.3) is 0 Å². The summed E-state index contributed by atoms with van der Waals surface area (Å²) in [6.45, 7) is 5.34. The highest BCUT2D eigenvalue weighted by Crippen LogP contribution is 2.30. The van der Waals surface area contributed by atoms with E-state index in [1.165, 1.54) is 23.1 Å². The van der Waals surface area contributed by atoms with Crippen molar-refractivity contribution in [3.63, 3.8) is 0 Å². The Morgan fingerprint density at radius 1 is 1.24 bits per heavy atom. The van der Waals surface area contributed by atoms with Crippen LogP contribution in [0.5, 0.6) is 0 Å². The number of anilines is 2. The molecular formula is C15H18ClN5O2S2. The minimum atomic E-state index is -0.506. The van der Waals surface area contributed by atoms with Crippen LogP contribution in [-0.4, -0.2) is 33.4 Å². The monoisotopic (exact) mass is 399 g/mol. The molecule has 3 amide bonds. The number of urea groups is 1. The summed E-state index contributed by atoms with van der Waals surface area (Å²) in [7, 11) is 0. The lowest BCUT2D eigenvalue weighted by molar-refractivity contribution is -0.119. The molecule has 3 N–H and O–H groups in total. The number of imide groups is 1. The fourth-order valence-corrected chi connectivity index (χ4v) is 3.82. The maximum atomic E-state index is 12.0. The third-order valence-corrected chi connectivity index (χ3v) is 5.04. The van der Waals surface area contributed by atoms with Gasteiger partial charge < -0.3 is 10.6 Å². The van der Waals surface area contributed by atoms with Gasteiger partial charge in [0.15, 0.2) is 4.34 Å². The summed E-state index contributed by atoms with van der Waals surface area (Å²) in [6, 6.07) is 6.70. The molecule has 0 spiro atoms. The van der Waals surface area contributed by atoms with Crippen molar-refractivity contribution in [3.05, 3.63) is 29.3 Å². The van der Waals surface area contributed by atoms with Gasteiger partial charge in [-0.25, -0.2) is 4.79 Å². The molecule has 1 heterocycles. The number of hydrogen-bond donors (Lipinski definition) is 3. The molecule has 1 aromatic carbocycles. The molecule has 134 valence electrons. The van der Waals surface area contributed by atoms with Gasteiger partial charge in [-0.3, -0.25) is 10.1 Å². The molecule has 0 aliphatic heterocycles. The zero-order valence-corrected chi connectivity index (χ0v) is 16.3. The number of rotatable bonds is 6. The molecule has 0 aliphatic carbocycles. The van der Waals surface area contributed by atoms with Gasteiger partial charge in [0.1, 0.15) is 0 Å². The zero-order valence-electron chi connectivity index (χ0n) is 13.9. The Labute approximate surface area is 158 Å². The van der Waals surface area contributed by atoms with Gasteiger partial charge >= 0.3 is 6.03 Å². The maximum Gasteiger partial charge on any atom is 0.321 e. The first-order valence-electron chi connectivity index (χ1n) is 7.47. The second-order valence-electron chi connectivity index (χ2n) is 5.39. The number of carbonyl (C=O) groups excluding carboxylic acids is 2. The van der Waals surface area contributed by atoms with Gasteiger partial charge in [-0.05, 0) is 39.0 Å². The maximum absolute atomic E-state index is 12.0. The molecule has 1 aromatic heterocycles. The summed E-state index contributed by atoms with van der Waals surface area (Å²) in [5.41, 5.74) is 0.802. The SMILES string of the molecule is CC(C)NC(=O)NC(=O)[C@H](C)Sc1nnc(Nc2cccc(Cl)c2)s1. The van der Waals surface area contributed by atoms with Crippen LogP contribution in [-0.2, 0) is 4.79 Å². The average Bonchev–Trinajstić information content (AvgIpc) is 2.93. The van der Waals surface area contributed by atoms with Crippen LogP contribution in [0.25, 0.3) is 0 Å². The third-order valence-electron chi connectivity index (χ3n) is 2.79. The van der Waals surface area contributed by atoms with Crippen LogP contribution < -0.4 is 16.0 Å². The molecule has 2 rings (SSSR count). The minimum absolute atomic E-state index is 0.0426. The second kappa shape index (κ2) is 9.02. The van der Waals surface area contributed by atoms with E-state index in [2.05, 4.69) is 26.1 Å². The summed E-state index contributed by atoms with van der Waals surface area (Å²) in [5, 5.41) is 16.8. The Bertz CT molecular complexity index is 753. The second-order valence-corrected chi connectivity index (χ2v) is 8.39. The molecule has 1 atom stereocenters. The van der Waals surface area contributed by atoms with Crippen molar-refractivity contribution in [3.8, 4) is 0 Å². The molecule has 0 radical (unpaired) electrons. The summed E-state index contributed by atoms with van der Waals surface area (Å²) in [4.78, 5) is 23.6. The van der Waals surface area contributed by atoms with E-state index in [9.17, 15) is 9.59 Å². The van der Waals surface area contributed by atoms with Crippen molar-refractivity contribution in [2.45, 2.75) is 36.4 Å². The average molecular weight is 400 g/mol. The topological polar surface area (TPSA) is 96.0 Å². The molecule has 0 bridgehead atoms. The third kappa shape index (κ3) is 6.52. The predicted molar refractivity (Wildman–Crippen MR) is 102 cm³/mol. The summed E-state index contributed by atoms with van der Waals surface area (Å²) < 4.78 is 0.622. The molecule has 2 aromatic rings. The van der Waals surface area contributed by atoms with Crippen molar-refractivity contribution >= 4 is 57.5 Å². The molecule has 0 unspecified atom stereocenters. The van der Waals surface area contributed by atoms with Crippen LogP contribution in [0.4, 0.5) is 15.6 Å². The fraction of sp³-hybridized carbons (Fsp3) is 0.333. The van der Waals surface area contributed by atoms with Crippen LogP contribution in [0, 0.1) is 0 Å². The molecule has 0 aliphatic rings. The highest BCUT2D eigenvalue weighted by Gasteiger charge is 2.19. The highest BCUT2D eigenvalue weighted by atomic mass is 35.5. The Kier molecular flexibility index (Phi) is 7.03. The van der Waals surface area contributed by atoms with Gasteiger partial charge in [-0.1, -0.05) is 40.8 Å². The highest BCUT2D eigenvalue weighted by molar-refractivity contribution is 8.02. The minimum Gasteiger partial charge on any atom is -0.336 e. The molecule has 25 heavy (non-hydrogen) atoms. The Balaban J connectivity index is 1.89. The fourth-order valence-electron chi connectivity index (χ4n) is 1.71. The lowest BCUT2D eigenvalue weighted by atomic mass is 10.3. The summed E-state index contributed by atoms with van der Waals surface area (Å²) in [6.07, 6.45) is 0. The molecule has 0 saturated carbocycles. The Morgan fingerprint density at radius 2 is 2.00 bits per heavy atom. The van der Waals surface area contributed by atoms with Gasteiger partial charge in [0.05, 0.1) is 5.25 Å². The van der Waals surface area contributed by atoms with Crippen LogP contribution in [0.2, 0.25) is 5.02 Å². The standard InChI is InChI=1S/C15H18ClN5O2S2/c1-8(2)17-13(23)19-12(22)9(3)24-15-21-20-14(25-15)18-11-6-4-5-10(16)7-11/h4-9H,1-3H3,(H,18,20)(H2,17,19,22,23)/t9-/m0/s1. The first-order chi connectivity index (χ1) is 11.8. The van der Waals surface area contributed by atoms with E-state index < -0.39 is 11.3 Å². The number of amides is 3. The van der Waals surface area contributed by atoms with E-state index in [4.69, 9.17) is 11.6 Å². The van der Waals surface area contributed by atoms with E-state index in [0.29, 0.717) is 14.5 Å². The van der Waals surface area contributed by atoms with Crippen LogP contribution >= 0.6 is 34.7 Å². The van der Waals surface area contributed by atoms with Crippen LogP contribution in [0.15, 0.2) is 28.6 Å². The molecule has 7 nitrogen and oxygen atoms in total. The van der Waals surface area contributed by atoms with Crippen LogP contribution in [0.3, 0.4) is 0 Å². The number of nitrogens with one attached hydrogen (secondary N) is 3. The number of aromatic nitrogens is 2. The first-order valence-corrected chi connectivity index (χ1v) is 9.55. The van der Waals surface area contributed by atoms with Crippen LogP contribution in [0.1, 0.15) is 20.8 Å². The number of carbonyl (C=O) groups is 2. The Hall–Kier alpha value is -1.84. The lowest BCUT2D eigenvalue weighted by Crippen LogP contribution is -2.45. The van der Waals surface area contributed by atoms with E-state index >= 15 is 0 Å². The Morgan fingerprint density at radius 3 is 2.68 bits per heavy atom. The zero-order chi connectivity index (χ0) is 18.4. The lowest BCUT2D eigenvalue weighted by Gasteiger charge is -2.11. The largest absolute Gasteiger partial charge is 0.336 e. The van der Waals surface area contributed by atoms with Crippen molar-refractivity contribution in [1.29, 1.82) is 0 Å². The first kappa shape index (κ1) is 19.5. The van der Waals surface area contributed by atoms with Crippen molar-refractivity contribution in [1.82, 2.24) is 20.8 Å². The van der Waals surface area contributed by atoms with Crippen molar-refractivity contribution in [2.75, 3.05) is 5.32 Å². The van der Waals surface area contributed by atoms with Gasteiger partial charge in [0, 0.05) is 16.8 Å². The number of hydrogen-bond acceptors (Lipinski definition) is 7. The van der Waals surface area contributed by atoms with E-state index in [-0.39, 0.29) is 11.9 Å². The van der Waals surface area contributed by atoms with E-state index in [0.717, 1.165) is 5.69 Å². The van der Waals surface area contributed by atoms with Gasteiger partial charge in [-0.2, -0.15) is 0 Å². The predicted octanol–water partition coefficient (Wildman–Crippen LogP) is 3.65. The van der Waals surface area contributed by atoms with E-state index in [1.54, 1.807) is 19.1 Å². The van der Waals surface area contributed by atoms with Gasteiger partial charge in [0.2, 0.25) is 11.0 Å². The summed E-state index contributed by atoms with van der Waals surface area (Å²) >= 11 is 8.49. The smallest absolute Gasteiger partial charge is 0.321 e. The molecular weight excluding hydrogens is 382 g/mol.